The molecule has 1 rings (SSSR count). The van der Waals surface area contributed by atoms with Gasteiger partial charge in [0.1, 0.15) is 11.6 Å². The van der Waals surface area contributed by atoms with Crippen LogP contribution in [0.3, 0.4) is 0 Å². The van der Waals surface area contributed by atoms with E-state index in [4.69, 9.17) is 6.42 Å². The van der Waals surface area contributed by atoms with Crippen LogP contribution in [-0.2, 0) is 4.79 Å². The van der Waals surface area contributed by atoms with Gasteiger partial charge in [-0.15, -0.1) is 6.42 Å². The van der Waals surface area contributed by atoms with Gasteiger partial charge in [0.05, 0.1) is 13.1 Å². The Bertz CT molecular complexity index is 469. The maximum atomic E-state index is 13.4. The summed E-state index contributed by atoms with van der Waals surface area (Å²) in [5.41, 5.74) is 0.307. The Morgan fingerprint density at radius 1 is 1.50 bits per heavy atom. The highest BCUT2D eigenvalue weighted by Gasteiger charge is 2.12. The zero-order valence-electron chi connectivity index (χ0n) is 9.97. The maximum absolute atomic E-state index is 13.4. The molecule has 5 heteroatoms. The summed E-state index contributed by atoms with van der Waals surface area (Å²) in [4.78, 5) is 11.3. The number of halogens is 2. The third-order valence-electron chi connectivity index (χ3n) is 2.39. The lowest BCUT2D eigenvalue weighted by atomic mass is 10.1. The monoisotopic (exact) mass is 252 g/mol. The minimum Gasteiger partial charge on any atom is -0.344 e. The molecule has 0 aromatic heterocycles. The van der Waals surface area contributed by atoms with Crippen LogP contribution in [0.4, 0.5) is 8.78 Å². The topological polar surface area (TPSA) is 41.1 Å². The molecule has 1 aromatic carbocycles. The van der Waals surface area contributed by atoms with Crippen LogP contribution in [0.15, 0.2) is 18.2 Å². The number of carbonyl (C=O) groups excluding carboxylic acids is 1. The van der Waals surface area contributed by atoms with Gasteiger partial charge in [0.15, 0.2) is 0 Å². The first-order valence-electron chi connectivity index (χ1n) is 5.43. The van der Waals surface area contributed by atoms with Gasteiger partial charge in [-0.3, -0.25) is 4.79 Å². The van der Waals surface area contributed by atoms with Crippen LogP contribution in [0.25, 0.3) is 0 Å². The molecule has 1 aromatic rings. The first-order chi connectivity index (χ1) is 8.54. The lowest BCUT2D eigenvalue weighted by Crippen LogP contribution is -2.35. The second-order valence-corrected chi connectivity index (χ2v) is 3.75. The van der Waals surface area contributed by atoms with E-state index in [-0.39, 0.29) is 19.0 Å². The second-order valence-electron chi connectivity index (χ2n) is 3.75. The van der Waals surface area contributed by atoms with Crippen molar-refractivity contribution in [1.29, 1.82) is 0 Å². The number of hydrogen-bond acceptors (Lipinski definition) is 2. The molecule has 0 heterocycles. The van der Waals surface area contributed by atoms with Gasteiger partial charge in [-0.2, -0.15) is 0 Å². The molecule has 0 aliphatic rings. The highest BCUT2D eigenvalue weighted by molar-refractivity contribution is 5.78. The van der Waals surface area contributed by atoms with E-state index in [1.807, 2.05) is 0 Å². The zero-order valence-corrected chi connectivity index (χ0v) is 9.97. The quantitative estimate of drug-likeness (QED) is 0.777. The molecule has 0 spiro atoms. The van der Waals surface area contributed by atoms with E-state index < -0.39 is 17.7 Å². The minimum atomic E-state index is -0.640. The van der Waals surface area contributed by atoms with Crippen LogP contribution in [0.5, 0.6) is 0 Å². The third kappa shape index (κ3) is 4.15. The van der Waals surface area contributed by atoms with Gasteiger partial charge in [-0.1, -0.05) is 12.0 Å². The van der Waals surface area contributed by atoms with Crippen LogP contribution in [0, 0.1) is 24.0 Å². The Morgan fingerprint density at radius 2 is 2.22 bits per heavy atom. The Labute approximate surface area is 105 Å². The van der Waals surface area contributed by atoms with Crippen LogP contribution < -0.4 is 10.6 Å². The van der Waals surface area contributed by atoms with E-state index in [1.165, 1.54) is 12.1 Å². The molecule has 96 valence electrons. The largest absolute Gasteiger partial charge is 0.344 e. The number of terminal acetylenes is 1. The molecular weight excluding hydrogens is 238 g/mol. The molecule has 18 heavy (non-hydrogen) atoms. The maximum Gasteiger partial charge on any atom is 0.234 e. The lowest BCUT2D eigenvalue weighted by molar-refractivity contribution is -0.120. The highest BCUT2D eigenvalue weighted by Crippen LogP contribution is 2.17. The Morgan fingerprint density at radius 3 is 2.83 bits per heavy atom. The van der Waals surface area contributed by atoms with Gasteiger partial charge in [-0.05, 0) is 13.0 Å². The fourth-order valence-corrected chi connectivity index (χ4v) is 1.42. The fraction of sp³-hybridized carbons (Fsp3) is 0.308. The minimum absolute atomic E-state index is 0.0136. The molecule has 1 atom stereocenters. The third-order valence-corrected chi connectivity index (χ3v) is 2.39. The van der Waals surface area contributed by atoms with E-state index in [2.05, 4.69) is 16.6 Å². The summed E-state index contributed by atoms with van der Waals surface area (Å²) in [5.74, 6) is 0.727. The predicted octanol–water partition coefficient (Wildman–Crippen LogP) is 1.36. The second kappa shape index (κ2) is 6.72. The Kier molecular flexibility index (Phi) is 5.28. The number of hydrogen-bond donors (Lipinski definition) is 2. The van der Waals surface area contributed by atoms with E-state index >= 15 is 0 Å². The van der Waals surface area contributed by atoms with Crippen molar-refractivity contribution in [2.24, 2.45) is 0 Å². The van der Waals surface area contributed by atoms with Crippen molar-refractivity contribution in [3.8, 4) is 12.3 Å². The number of carbonyl (C=O) groups is 1. The van der Waals surface area contributed by atoms with Gasteiger partial charge in [0, 0.05) is 17.7 Å². The lowest BCUT2D eigenvalue weighted by Gasteiger charge is -2.14. The standard InChI is InChI=1S/C13H14F2N2O/c1-3-6-16-13(18)8-17-9(2)11-5-4-10(14)7-12(11)15/h1,4-5,7,9,17H,6,8H2,2H3,(H,16,18)/t9-/m0/s1. The van der Waals surface area contributed by atoms with Gasteiger partial charge in [-0.25, -0.2) is 8.78 Å². The summed E-state index contributed by atoms with van der Waals surface area (Å²) in [5, 5.41) is 5.30. The Balaban J connectivity index is 2.53. The van der Waals surface area contributed by atoms with Gasteiger partial charge < -0.3 is 10.6 Å². The van der Waals surface area contributed by atoms with E-state index in [9.17, 15) is 13.6 Å². The summed E-state index contributed by atoms with van der Waals surface area (Å²) in [6.07, 6.45) is 4.99. The first-order valence-corrected chi connectivity index (χ1v) is 5.43. The molecule has 0 unspecified atom stereocenters. The molecule has 2 N–H and O–H groups in total. The molecule has 0 radical (unpaired) electrons. The zero-order chi connectivity index (χ0) is 13.5. The Hall–Kier alpha value is -1.93. The predicted molar refractivity (Wildman–Crippen MR) is 64.6 cm³/mol. The number of benzene rings is 1. The molecule has 3 nitrogen and oxygen atoms in total. The summed E-state index contributed by atoms with van der Waals surface area (Å²) in [6.45, 7) is 1.85. The molecule has 0 aliphatic carbocycles. The molecule has 1 amide bonds. The number of amides is 1. The molecule has 0 saturated carbocycles. The van der Waals surface area contributed by atoms with Crippen molar-refractivity contribution in [2.75, 3.05) is 13.1 Å². The van der Waals surface area contributed by atoms with Crippen molar-refractivity contribution < 1.29 is 13.6 Å². The average Bonchev–Trinajstić information content (AvgIpc) is 2.33. The summed E-state index contributed by atoms with van der Waals surface area (Å²) in [6, 6.07) is 2.94. The first kappa shape index (κ1) is 14.1. The van der Waals surface area contributed by atoms with Crippen molar-refractivity contribution in [2.45, 2.75) is 13.0 Å². The van der Waals surface area contributed by atoms with Crippen molar-refractivity contribution in [3.05, 3.63) is 35.4 Å². The highest BCUT2D eigenvalue weighted by atomic mass is 19.1. The molecule has 0 aliphatic heterocycles. The van der Waals surface area contributed by atoms with Gasteiger partial charge in [0.2, 0.25) is 5.91 Å². The number of nitrogens with one attached hydrogen (secondary N) is 2. The van der Waals surface area contributed by atoms with E-state index in [1.54, 1.807) is 6.92 Å². The fourth-order valence-electron chi connectivity index (χ4n) is 1.42. The van der Waals surface area contributed by atoms with Crippen molar-refractivity contribution in [1.82, 2.24) is 10.6 Å². The summed E-state index contributed by atoms with van der Waals surface area (Å²) in [7, 11) is 0. The van der Waals surface area contributed by atoms with Crippen LogP contribution in [0.2, 0.25) is 0 Å². The van der Waals surface area contributed by atoms with Gasteiger partial charge >= 0.3 is 0 Å². The van der Waals surface area contributed by atoms with Crippen molar-refractivity contribution in [3.63, 3.8) is 0 Å². The van der Waals surface area contributed by atoms with Gasteiger partial charge in [0.25, 0.3) is 0 Å². The smallest absolute Gasteiger partial charge is 0.234 e. The normalized spacial score (nSPS) is 11.7. The molecule has 0 fully saturated rings. The van der Waals surface area contributed by atoms with E-state index in [0.717, 1.165) is 6.07 Å². The van der Waals surface area contributed by atoms with Crippen LogP contribution in [-0.4, -0.2) is 19.0 Å². The molecule has 0 bridgehead atoms. The van der Waals surface area contributed by atoms with Crippen LogP contribution in [0.1, 0.15) is 18.5 Å². The molecule has 0 saturated heterocycles. The summed E-state index contributed by atoms with van der Waals surface area (Å²) < 4.78 is 26.1. The van der Waals surface area contributed by atoms with Crippen LogP contribution >= 0.6 is 0 Å². The number of rotatable bonds is 5. The molecular formula is C13H14F2N2O. The summed E-state index contributed by atoms with van der Waals surface area (Å²) >= 11 is 0. The van der Waals surface area contributed by atoms with Crippen molar-refractivity contribution >= 4 is 5.91 Å². The SMILES string of the molecule is C#CCNC(=O)CN[C@@H](C)c1ccc(F)cc1F. The van der Waals surface area contributed by atoms with E-state index in [0.29, 0.717) is 5.56 Å². The average molecular weight is 252 g/mol.